The smallest absolute Gasteiger partial charge is 0.296 e. The molecule has 7 heteroatoms. The lowest BCUT2D eigenvalue weighted by Gasteiger charge is -2.11. The molecule has 0 atom stereocenters. The van der Waals surface area contributed by atoms with Gasteiger partial charge in [-0.3, -0.25) is 4.79 Å². The predicted molar refractivity (Wildman–Crippen MR) is 113 cm³/mol. The van der Waals surface area contributed by atoms with Crippen LogP contribution in [0.3, 0.4) is 0 Å². The van der Waals surface area contributed by atoms with Crippen molar-refractivity contribution >= 4 is 11.6 Å². The first-order valence-electron chi connectivity index (χ1n) is 9.07. The van der Waals surface area contributed by atoms with Crippen LogP contribution in [0.25, 0.3) is 17.1 Å². The number of halogens is 1. The molecule has 0 aliphatic heterocycles. The van der Waals surface area contributed by atoms with Crippen LogP contribution in [-0.2, 0) is 6.54 Å². The monoisotopic (exact) mass is 406 g/mol. The lowest BCUT2D eigenvalue weighted by Crippen LogP contribution is -2.27. The summed E-state index contributed by atoms with van der Waals surface area (Å²) < 4.78 is 8.33. The van der Waals surface area contributed by atoms with Crippen molar-refractivity contribution in [2.45, 2.75) is 13.5 Å². The third kappa shape index (κ3) is 3.93. The van der Waals surface area contributed by atoms with Crippen molar-refractivity contribution in [2.24, 2.45) is 0 Å². The van der Waals surface area contributed by atoms with E-state index in [9.17, 15) is 4.79 Å². The third-order valence-corrected chi connectivity index (χ3v) is 4.72. The molecule has 4 rings (SSSR count). The first-order chi connectivity index (χ1) is 14.0. The molecule has 0 N–H and O–H groups in total. The molecule has 0 bridgehead atoms. The maximum atomic E-state index is 13.2. The second-order valence-electron chi connectivity index (χ2n) is 6.62. The van der Waals surface area contributed by atoms with Gasteiger partial charge in [-0.25, -0.2) is 9.67 Å². The molecule has 0 aliphatic carbocycles. The van der Waals surface area contributed by atoms with Gasteiger partial charge < -0.3 is 9.30 Å². The van der Waals surface area contributed by atoms with E-state index in [4.69, 9.17) is 16.3 Å². The summed E-state index contributed by atoms with van der Waals surface area (Å²) in [4.78, 5) is 17.5. The Balaban J connectivity index is 1.82. The van der Waals surface area contributed by atoms with Crippen LogP contribution >= 0.6 is 11.6 Å². The van der Waals surface area contributed by atoms with Gasteiger partial charge in [0.2, 0.25) is 5.82 Å². The summed E-state index contributed by atoms with van der Waals surface area (Å²) in [5.74, 6) is 0.912. The number of hydrogen-bond donors (Lipinski definition) is 0. The summed E-state index contributed by atoms with van der Waals surface area (Å²) in [5, 5.41) is 4.73. The second-order valence-corrected chi connectivity index (χ2v) is 7.00. The first-order valence-corrected chi connectivity index (χ1v) is 9.45. The number of benzene rings is 2. The van der Waals surface area contributed by atoms with Crippen LogP contribution in [0.4, 0.5) is 0 Å². The van der Waals surface area contributed by atoms with Gasteiger partial charge in [0.25, 0.3) is 5.56 Å². The van der Waals surface area contributed by atoms with Crippen molar-refractivity contribution in [3.05, 3.63) is 93.6 Å². The van der Waals surface area contributed by atoms with E-state index in [1.165, 1.54) is 0 Å². The molecule has 0 amide bonds. The van der Waals surface area contributed by atoms with E-state index in [-0.39, 0.29) is 16.5 Å². The summed E-state index contributed by atoms with van der Waals surface area (Å²) in [6.45, 7) is 2.27. The normalized spacial score (nSPS) is 10.9. The highest BCUT2D eigenvalue weighted by atomic mass is 35.5. The zero-order chi connectivity index (χ0) is 20.4. The molecule has 29 heavy (non-hydrogen) atoms. The Kier molecular flexibility index (Phi) is 5.18. The van der Waals surface area contributed by atoms with E-state index in [1.807, 2.05) is 67.6 Å². The fourth-order valence-corrected chi connectivity index (χ4v) is 3.36. The molecule has 0 aliphatic rings. The molecule has 0 radical (unpaired) electrons. The summed E-state index contributed by atoms with van der Waals surface area (Å²) in [6, 6.07) is 19.2. The SMILES string of the molecule is COc1ccc(-c2cc(C)nn2-c2nc(Cl)cn(Cc3ccccc3)c2=O)cc1. The van der Waals surface area contributed by atoms with Gasteiger partial charge in [-0.2, -0.15) is 5.10 Å². The Bertz CT molecular complexity index is 1200. The van der Waals surface area contributed by atoms with Crippen LogP contribution < -0.4 is 10.3 Å². The number of aromatic nitrogens is 4. The van der Waals surface area contributed by atoms with E-state index < -0.39 is 0 Å². The van der Waals surface area contributed by atoms with E-state index in [2.05, 4.69) is 10.1 Å². The lowest BCUT2D eigenvalue weighted by atomic mass is 10.1. The van der Waals surface area contributed by atoms with Gasteiger partial charge in [0.15, 0.2) is 0 Å². The maximum absolute atomic E-state index is 13.2. The van der Waals surface area contributed by atoms with Gasteiger partial charge >= 0.3 is 0 Å². The fourth-order valence-electron chi connectivity index (χ4n) is 3.16. The van der Waals surface area contributed by atoms with Crippen molar-refractivity contribution < 1.29 is 4.74 Å². The Morgan fingerprint density at radius 2 is 1.79 bits per heavy atom. The molecule has 0 spiro atoms. The summed E-state index contributed by atoms with van der Waals surface area (Å²) in [5.41, 5.74) is 3.14. The van der Waals surface area contributed by atoms with Gasteiger partial charge in [0, 0.05) is 11.8 Å². The highest BCUT2D eigenvalue weighted by Crippen LogP contribution is 2.25. The quantitative estimate of drug-likeness (QED) is 0.500. The molecule has 146 valence electrons. The van der Waals surface area contributed by atoms with Crippen molar-refractivity contribution in [3.8, 4) is 22.8 Å². The Hall–Kier alpha value is -3.38. The minimum absolute atomic E-state index is 0.160. The molecule has 0 saturated heterocycles. The van der Waals surface area contributed by atoms with Crippen molar-refractivity contribution in [2.75, 3.05) is 7.11 Å². The third-order valence-electron chi connectivity index (χ3n) is 4.54. The Morgan fingerprint density at radius 3 is 2.48 bits per heavy atom. The Morgan fingerprint density at radius 1 is 1.07 bits per heavy atom. The summed E-state index contributed by atoms with van der Waals surface area (Å²) in [6.07, 6.45) is 1.55. The van der Waals surface area contributed by atoms with Crippen molar-refractivity contribution in [1.29, 1.82) is 0 Å². The molecule has 4 aromatic rings. The average Bonchev–Trinajstić information content (AvgIpc) is 3.12. The van der Waals surface area contributed by atoms with E-state index >= 15 is 0 Å². The van der Waals surface area contributed by atoms with Gasteiger partial charge in [-0.05, 0) is 42.8 Å². The van der Waals surface area contributed by atoms with E-state index in [0.717, 1.165) is 28.3 Å². The van der Waals surface area contributed by atoms with Gasteiger partial charge in [0.1, 0.15) is 10.9 Å². The number of hydrogen-bond acceptors (Lipinski definition) is 4. The maximum Gasteiger partial charge on any atom is 0.296 e. The highest BCUT2D eigenvalue weighted by molar-refractivity contribution is 6.29. The highest BCUT2D eigenvalue weighted by Gasteiger charge is 2.17. The van der Waals surface area contributed by atoms with Crippen LogP contribution in [-0.4, -0.2) is 26.4 Å². The van der Waals surface area contributed by atoms with Gasteiger partial charge in [0.05, 0.1) is 25.0 Å². The molecular weight excluding hydrogens is 388 g/mol. The molecule has 2 aromatic carbocycles. The van der Waals surface area contributed by atoms with Gasteiger partial charge in [-0.1, -0.05) is 41.9 Å². The minimum Gasteiger partial charge on any atom is -0.497 e. The zero-order valence-corrected chi connectivity index (χ0v) is 16.8. The van der Waals surface area contributed by atoms with E-state index in [0.29, 0.717) is 6.54 Å². The molecule has 6 nitrogen and oxygen atoms in total. The molecule has 0 saturated carbocycles. The topological polar surface area (TPSA) is 61.9 Å². The average molecular weight is 407 g/mol. The minimum atomic E-state index is -0.267. The zero-order valence-electron chi connectivity index (χ0n) is 16.0. The molecule has 2 aromatic heterocycles. The first kappa shape index (κ1) is 19.0. The van der Waals surface area contributed by atoms with Crippen LogP contribution in [0.1, 0.15) is 11.3 Å². The summed E-state index contributed by atoms with van der Waals surface area (Å²) in [7, 11) is 1.62. The molecular formula is C22H19ClN4O2. The largest absolute Gasteiger partial charge is 0.497 e. The van der Waals surface area contributed by atoms with E-state index in [1.54, 1.807) is 22.6 Å². The van der Waals surface area contributed by atoms with Gasteiger partial charge in [-0.15, -0.1) is 0 Å². The van der Waals surface area contributed by atoms with Crippen LogP contribution in [0.2, 0.25) is 5.15 Å². The number of nitrogens with zero attached hydrogens (tertiary/aromatic N) is 4. The predicted octanol–water partition coefficient (Wildman–Crippen LogP) is 4.11. The van der Waals surface area contributed by atoms with Crippen molar-refractivity contribution in [1.82, 2.24) is 19.3 Å². The standard InChI is InChI=1S/C22H19ClN4O2/c1-15-12-19(17-8-10-18(29-2)11-9-17)27(25-15)21-22(28)26(14-20(23)24-21)13-16-6-4-3-5-7-16/h3-12,14H,13H2,1-2H3. The molecule has 0 unspecified atom stereocenters. The van der Waals surface area contributed by atoms with Crippen molar-refractivity contribution in [3.63, 3.8) is 0 Å². The number of rotatable bonds is 5. The number of ether oxygens (including phenoxy) is 1. The lowest BCUT2D eigenvalue weighted by molar-refractivity contribution is 0.415. The molecule has 2 heterocycles. The van der Waals surface area contributed by atoms with Crippen LogP contribution in [0, 0.1) is 6.92 Å². The number of methoxy groups -OCH3 is 1. The summed E-state index contributed by atoms with van der Waals surface area (Å²) >= 11 is 6.25. The Labute approximate surface area is 173 Å². The second kappa shape index (κ2) is 7.93. The van der Waals surface area contributed by atoms with Crippen LogP contribution in [0.15, 0.2) is 71.7 Å². The number of aryl methyl sites for hydroxylation is 1. The fraction of sp³-hybridized carbons (Fsp3) is 0.136. The van der Waals surface area contributed by atoms with Crippen LogP contribution in [0.5, 0.6) is 5.75 Å². The molecule has 0 fully saturated rings.